The summed E-state index contributed by atoms with van der Waals surface area (Å²) in [6, 6.07) is 15.7. The Labute approximate surface area is 156 Å². The maximum atomic E-state index is 12.3. The van der Waals surface area contributed by atoms with Crippen LogP contribution in [0.25, 0.3) is 11.3 Å². The van der Waals surface area contributed by atoms with Crippen molar-refractivity contribution in [1.82, 2.24) is 9.55 Å². The van der Waals surface area contributed by atoms with E-state index in [1.54, 1.807) is 24.3 Å². The largest absolute Gasteiger partial charge is 0.325 e. The smallest absolute Gasteiger partial charge is 0.254 e. The lowest BCUT2D eigenvalue weighted by Gasteiger charge is -2.08. The highest BCUT2D eigenvalue weighted by molar-refractivity contribution is 5.95. The number of aromatic nitrogens is 2. The van der Waals surface area contributed by atoms with E-state index in [4.69, 9.17) is 0 Å². The number of nitrogens with zero attached hydrogens (tertiary/aromatic N) is 2. The van der Waals surface area contributed by atoms with Gasteiger partial charge in [0.05, 0.1) is 12.0 Å². The molecule has 6 nitrogen and oxygen atoms in total. The summed E-state index contributed by atoms with van der Waals surface area (Å²) in [5.74, 6) is -0.392. The number of ketones is 1. The van der Waals surface area contributed by atoms with Crippen LogP contribution in [0.3, 0.4) is 0 Å². The molecule has 0 atom stereocenters. The lowest BCUT2D eigenvalue weighted by molar-refractivity contribution is -0.116. The van der Waals surface area contributed by atoms with Crippen LogP contribution in [0, 0.1) is 6.92 Å². The van der Waals surface area contributed by atoms with Gasteiger partial charge in [-0.25, -0.2) is 4.98 Å². The number of nitrogens with one attached hydrogen (secondary N) is 1. The Morgan fingerprint density at radius 3 is 2.30 bits per heavy atom. The summed E-state index contributed by atoms with van der Waals surface area (Å²) in [6.07, 6.45) is 1.37. The van der Waals surface area contributed by atoms with E-state index in [2.05, 4.69) is 10.3 Å². The zero-order valence-electron chi connectivity index (χ0n) is 15.1. The molecule has 0 aliphatic rings. The van der Waals surface area contributed by atoms with Gasteiger partial charge < -0.3 is 5.32 Å². The maximum Gasteiger partial charge on any atom is 0.254 e. The summed E-state index contributed by atoms with van der Waals surface area (Å²) in [5.41, 5.74) is 3.36. The topological polar surface area (TPSA) is 81.1 Å². The third-order valence-electron chi connectivity index (χ3n) is 4.12. The molecule has 1 N–H and O–H groups in total. The summed E-state index contributed by atoms with van der Waals surface area (Å²) >= 11 is 0. The van der Waals surface area contributed by atoms with Gasteiger partial charge in [-0.3, -0.25) is 19.0 Å². The first-order valence-electron chi connectivity index (χ1n) is 8.47. The SMILES string of the molecule is CC(=O)c1ccc(NC(=O)Cn2cnc(-c3ccc(C)cc3)cc2=O)cc1. The maximum absolute atomic E-state index is 12.3. The Balaban J connectivity index is 1.69. The Morgan fingerprint density at radius 1 is 1.04 bits per heavy atom. The van der Waals surface area contributed by atoms with Crippen LogP contribution >= 0.6 is 0 Å². The number of Topliss-reactive ketones (excluding diaryl/α,β-unsaturated/α-hetero) is 1. The first kappa shape index (κ1) is 18.3. The van der Waals surface area contributed by atoms with Crippen molar-refractivity contribution in [2.75, 3.05) is 5.32 Å². The van der Waals surface area contributed by atoms with E-state index in [0.717, 1.165) is 11.1 Å². The van der Waals surface area contributed by atoms with E-state index >= 15 is 0 Å². The molecule has 0 unspecified atom stereocenters. The number of rotatable bonds is 5. The third kappa shape index (κ3) is 4.55. The van der Waals surface area contributed by atoms with Crippen molar-refractivity contribution in [2.24, 2.45) is 0 Å². The minimum Gasteiger partial charge on any atom is -0.325 e. The highest BCUT2D eigenvalue weighted by Gasteiger charge is 2.08. The highest BCUT2D eigenvalue weighted by atomic mass is 16.2. The second-order valence-corrected chi connectivity index (χ2v) is 6.29. The van der Waals surface area contributed by atoms with E-state index < -0.39 is 0 Å². The van der Waals surface area contributed by atoms with Gasteiger partial charge in [-0.05, 0) is 38.1 Å². The second kappa shape index (κ2) is 7.78. The van der Waals surface area contributed by atoms with Gasteiger partial charge in [0.2, 0.25) is 5.91 Å². The summed E-state index contributed by atoms with van der Waals surface area (Å²) in [7, 11) is 0. The lowest BCUT2D eigenvalue weighted by atomic mass is 10.1. The van der Waals surface area contributed by atoms with E-state index in [1.807, 2.05) is 31.2 Å². The molecule has 0 aliphatic heterocycles. The predicted molar refractivity (Wildman–Crippen MR) is 104 cm³/mol. The minimum atomic E-state index is -0.349. The van der Waals surface area contributed by atoms with E-state index in [1.165, 1.54) is 23.9 Å². The Kier molecular flexibility index (Phi) is 5.26. The van der Waals surface area contributed by atoms with Crippen LogP contribution in [-0.4, -0.2) is 21.2 Å². The number of aryl methyl sites for hydroxylation is 1. The molecule has 27 heavy (non-hydrogen) atoms. The molecule has 0 aliphatic carbocycles. The monoisotopic (exact) mass is 361 g/mol. The molecule has 6 heteroatoms. The van der Waals surface area contributed by atoms with Crippen LogP contribution in [-0.2, 0) is 11.3 Å². The van der Waals surface area contributed by atoms with Gasteiger partial charge in [0.1, 0.15) is 6.54 Å². The molecule has 1 aromatic heterocycles. The molecule has 3 rings (SSSR count). The normalized spacial score (nSPS) is 10.4. The average molecular weight is 361 g/mol. The Bertz CT molecular complexity index is 1040. The van der Waals surface area contributed by atoms with E-state index in [9.17, 15) is 14.4 Å². The number of hydrogen-bond donors (Lipinski definition) is 1. The van der Waals surface area contributed by atoms with Crippen molar-refractivity contribution >= 4 is 17.4 Å². The standard InChI is InChI=1S/C21H19N3O3/c1-14-3-5-17(6-4-14)19-11-21(27)24(13-22-19)12-20(26)23-18-9-7-16(8-10-18)15(2)25/h3-11,13H,12H2,1-2H3,(H,23,26). The Morgan fingerprint density at radius 2 is 1.70 bits per heavy atom. The summed E-state index contributed by atoms with van der Waals surface area (Å²) < 4.78 is 1.25. The molecular weight excluding hydrogens is 342 g/mol. The molecule has 0 saturated carbocycles. The van der Waals surface area contributed by atoms with Crippen LogP contribution in [0.5, 0.6) is 0 Å². The number of carbonyl (C=O) groups excluding carboxylic acids is 2. The van der Waals surface area contributed by atoms with Crippen molar-refractivity contribution < 1.29 is 9.59 Å². The number of benzene rings is 2. The number of carbonyl (C=O) groups is 2. The molecule has 0 spiro atoms. The van der Waals surface area contributed by atoms with Gasteiger partial charge in [0, 0.05) is 22.9 Å². The predicted octanol–water partition coefficient (Wildman–Crippen LogP) is 3.06. The van der Waals surface area contributed by atoms with E-state index in [-0.39, 0.29) is 23.8 Å². The van der Waals surface area contributed by atoms with Gasteiger partial charge >= 0.3 is 0 Å². The summed E-state index contributed by atoms with van der Waals surface area (Å²) in [6.45, 7) is 3.32. The van der Waals surface area contributed by atoms with Crippen molar-refractivity contribution in [3.05, 3.63) is 82.4 Å². The van der Waals surface area contributed by atoms with Gasteiger partial charge in [-0.2, -0.15) is 0 Å². The first-order chi connectivity index (χ1) is 12.9. The molecule has 3 aromatic rings. The first-order valence-corrected chi connectivity index (χ1v) is 8.47. The van der Waals surface area contributed by atoms with Gasteiger partial charge in [-0.15, -0.1) is 0 Å². The second-order valence-electron chi connectivity index (χ2n) is 6.29. The van der Waals surface area contributed by atoms with Crippen LogP contribution in [0.2, 0.25) is 0 Å². The van der Waals surface area contributed by atoms with Crippen molar-refractivity contribution in [1.29, 1.82) is 0 Å². The lowest BCUT2D eigenvalue weighted by Crippen LogP contribution is -2.27. The number of hydrogen-bond acceptors (Lipinski definition) is 4. The fourth-order valence-corrected chi connectivity index (χ4v) is 2.57. The summed E-state index contributed by atoms with van der Waals surface area (Å²) in [5, 5.41) is 2.70. The van der Waals surface area contributed by atoms with Gasteiger partial charge in [0.25, 0.3) is 5.56 Å². The average Bonchev–Trinajstić information content (AvgIpc) is 2.64. The fraction of sp³-hybridized carbons (Fsp3) is 0.143. The minimum absolute atomic E-state index is 0.0424. The molecule has 0 radical (unpaired) electrons. The quantitative estimate of drug-likeness (QED) is 0.708. The van der Waals surface area contributed by atoms with Crippen LogP contribution in [0.4, 0.5) is 5.69 Å². The molecular formula is C21H19N3O3. The van der Waals surface area contributed by atoms with Crippen molar-refractivity contribution in [2.45, 2.75) is 20.4 Å². The molecule has 136 valence electrons. The van der Waals surface area contributed by atoms with Crippen LogP contribution in [0.1, 0.15) is 22.8 Å². The van der Waals surface area contributed by atoms with E-state index in [0.29, 0.717) is 16.9 Å². The highest BCUT2D eigenvalue weighted by Crippen LogP contribution is 2.15. The molecule has 0 fully saturated rings. The van der Waals surface area contributed by atoms with Crippen LogP contribution < -0.4 is 10.9 Å². The van der Waals surface area contributed by atoms with Crippen molar-refractivity contribution in [3.8, 4) is 11.3 Å². The van der Waals surface area contributed by atoms with Crippen LogP contribution in [0.15, 0.2) is 65.7 Å². The number of anilines is 1. The zero-order chi connectivity index (χ0) is 19.4. The Hall–Kier alpha value is -3.54. The molecule has 1 heterocycles. The van der Waals surface area contributed by atoms with Crippen molar-refractivity contribution in [3.63, 3.8) is 0 Å². The molecule has 0 bridgehead atoms. The molecule has 0 saturated heterocycles. The van der Waals surface area contributed by atoms with Gasteiger partial charge in [0.15, 0.2) is 5.78 Å². The molecule has 1 amide bonds. The zero-order valence-corrected chi connectivity index (χ0v) is 15.1. The third-order valence-corrected chi connectivity index (χ3v) is 4.12. The molecule has 2 aromatic carbocycles. The number of amides is 1. The van der Waals surface area contributed by atoms with Gasteiger partial charge in [-0.1, -0.05) is 29.8 Å². The fourth-order valence-electron chi connectivity index (χ4n) is 2.57. The summed E-state index contributed by atoms with van der Waals surface area (Å²) in [4.78, 5) is 40.0.